The number of Topliss-reactive ketones (excluding diaryl/α,β-unsaturated/α-hetero) is 1. The second-order valence-electron chi connectivity index (χ2n) is 10.2. The molecule has 4 rings (SSSR count). The number of carboxylic acid groups (broad SMARTS) is 1. The zero-order valence-electron chi connectivity index (χ0n) is 17.7. The van der Waals surface area contributed by atoms with Gasteiger partial charge in [-0.15, -0.1) is 0 Å². The minimum Gasteiger partial charge on any atom is -0.479 e. The molecule has 29 heavy (non-hydrogen) atoms. The predicted molar refractivity (Wildman–Crippen MR) is 108 cm³/mol. The van der Waals surface area contributed by atoms with Crippen LogP contribution in [0.3, 0.4) is 0 Å². The third-order valence-corrected chi connectivity index (χ3v) is 9.08. The third kappa shape index (κ3) is 2.97. The molecule has 0 aliphatic heterocycles. The first kappa shape index (κ1) is 20.6. The molecular formula is C23H33NO5. The summed E-state index contributed by atoms with van der Waals surface area (Å²) in [6, 6.07) is 0. The first-order valence-electron chi connectivity index (χ1n) is 11.0. The maximum atomic E-state index is 12.3. The number of hydrogen-bond acceptors (Lipinski definition) is 5. The van der Waals surface area contributed by atoms with Gasteiger partial charge in [0.1, 0.15) is 5.60 Å². The molecule has 0 bridgehead atoms. The molecule has 0 spiro atoms. The minimum atomic E-state index is -1.16. The largest absolute Gasteiger partial charge is 0.479 e. The molecule has 4 aliphatic carbocycles. The Balaban J connectivity index is 1.57. The van der Waals surface area contributed by atoms with Crippen LogP contribution in [0, 0.1) is 28.6 Å². The Morgan fingerprint density at radius 1 is 1.14 bits per heavy atom. The number of carbonyl (C=O) groups excluding carboxylic acids is 1. The predicted octanol–water partition coefficient (Wildman–Crippen LogP) is 3.73. The van der Waals surface area contributed by atoms with Gasteiger partial charge < -0.3 is 15.1 Å². The molecule has 2 N–H and O–H groups in total. The standard InChI is InChI=1S/C23H33NO5/c1-14(25)23(28)11-8-19-17-5-4-15-12-16(24-29-13-20(26)27)6-9-21(15,2)18(17)7-10-22(19,23)3/h12,17-19,28H,4-11,13H2,1-3H3,(H,26,27)/b24-16+/t17-,18+,19+,21+,22-,23+/m0/s1. The normalized spacial score (nSPS) is 45.0. The highest BCUT2D eigenvalue weighted by Crippen LogP contribution is 2.67. The number of aliphatic carboxylic acids is 1. The summed E-state index contributed by atoms with van der Waals surface area (Å²) in [7, 11) is 0. The SMILES string of the molecule is CC(=O)[C@]1(O)CC[C@@H]2[C@H]3CCC4=C/C(=N/OCC(=O)O)CC[C@@]4(C)[C@@H]3CC[C@@]21C. The lowest BCUT2D eigenvalue weighted by molar-refractivity contribution is -0.159. The number of fused-ring (bicyclic) bond motifs is 5. The smallest absolute Gasteiger partial charge is 0.344 e. The van der Waals surface area contributed by atoms with E-state index in [0.717, 1.165) is 50.7 Å². The van der Waals surface area contributed by atoms with Crippen molar-refractivity contribution in [2.75, 3.05) is 6.61 Å². The van der Waals surface area contributed by atoms with E-state index in [-0.39, 0.29) is 16.6 Å². The van der Waals surface area contributed by atoms with Gasteiger partial charge in [0, 0.05) is 5.41 Å². The minimum absolute atomic E-state index is 0.0663. The quantitative estimate of drug-likeness (QED) is 0.697. The summed E-state index contributed by atoms with van der Waals surface area (Å²) in [6.07, 6.45) is 9.50. The Hall–Kier alpha value is -1.69. The van der Waals surface area contributed by atoms with E-state index in [2.05, 4.69) is 25.1 Å². The van der Waals surface area contributed by atoms with Gasteiger partial charge in [0.25, 0.3) is 0 Å². The second kappa shape index (κ2) is 6.93. The van der Waals surface area contributed by atoms with Crippen LogP contribution in [0.15, 0.2) is 16.8 Å². The highest BCUT2D eigenvalue weighted by atomic mass is 16.6. The average molecular weight is 404 g/mol. The van der Waals surface area contributed by atoms with Gasteiger partial charge in [-0.2, -0.15) is 0 Å². The molecule has 6 heteroatoms. The average Bonchev–Trinajstić information content (AvgIpc) is 2.94. The number of allylic oxidation sites excluding steroid dienone is 2. The Labute approximate surface area is 172 Å². The molecule has 6 nitrogen and oxygen atoms in total. The molecule has 0 aromatic carbocycles. The summed E-state index contributed by atoms with van der Waals surface area (Å²) in [4.78, 5) is 27.9. The van der Waals surface area contributed by atoms with E-state index in [1.165, 1.54) is 5.57 Å². The van der Waals surface area contributed by atoms with Crippen molar-refractivity contribution in [3.63, 3.8) is 0 Å². The molecular weight excluding hydrogens is 370 g/mol. The number of nitrogens with zero attached hydrogens (tertiary/aromatic N) is 1. The van der Waals surface area contributed by atoms with Gasteiger partial charge in [-0.1, -0.05) is 24.6 Å². The van der Waals surface area contributed by atoms with Crippen LogP contribution in [-0.2, 0) is 14.4 Å². The fourth-order valence-corrected chi connectivity index (χ4v) is 7.41. The number of hydrogen-bond donors (Lipinski definition) is 2. The highest BCUT2D eigenvalue weighted by molar-refractivity contribution is 5.96. The Morgan fingerprint density at radius 3 is 2.55 bits per heavy atom. The van der Waals surface area contributed by atoms with Crippen molar-refractivity contribution >= 4 is 17.5 Å². The van der Waals surface area contributed by atoms with Crippen LogP contribution in [0.2, 0.25) is 0 Å². The van der Waals surface area contributed by atoms with Crippen molar-refractivity contribution in [1.82, 2.24) is 0 Å². The molecule has 0 amide bonds. The monoisotopic (exact) mass is 403 g/mol. The number of rotatable bonds is 4. The van der Waals surface area contributed by atoms with E-state index in [9.17, 15) is 14.7 Å². The lowest BCUT2D eigenvalue weighted by atomic mass is 9.46. The zero-order valence-corrected chi connectivity index (χ0v) is 17.7. The summed E-state index contributed by atoms with van der Waals surface area (Å²) >= 11 is 0. The van der Waals surface area contributed by atoms with Crippen molar-refractivity contribution in [3.05, 3.63) is 11.6 Å². The maximum absolute atomic E-state index is 12.3. The van der Waals surface area contributed by atoms with Crippen molar-refractivity contribution in [3.8, 4) is 0 Å². The van der Waals surface area contributed by atoms with Gasteiger partial charge in [0.05, 0.1) is 5.71 Å². The van der Waals surface area contributed by atoms with E-state index in [4.69, 9.17) is 9.94 Å². The lowest BCUT2D eigenvalue weighted by Gasteiger charge is -2.59. The first-order valence-corrected chi connectivity index (χ1v) is 11.0. The second-order valence-corrected chi connectivity index (χ2v) is 10.2. The van der Waals surface area contributed by atoms with Crippen molar-refractivity contribution < 1.29 is 24.6 Å². The molecule has 0 radical (unpaired) electrons. The van der Waals surface area contributed by atoms with E-state index < -0.39 is 18.2 Å². The summed E-state index contributed by atoms with van der Waals surface area (Å²) in [5, 5.41) is 24.0. The highest BCUT2D eigenvalue weighted by Gasteiger charge is 2.65. The lowest BCUT2D eigenvalue weighted by Crippen LogP contribution is -2.57. The van der Waals surface area contributed by atoms with Crippen molar-refractivity contribution in [2.45, 2.75) is 77.7 Å². The van der Waals surface area contributed by atoms with Crippen LogP contribution >= 0.6 is 0 Å². The van der Waals surface area contributed by atoms with Gasteiger partial charge in [-0.3, -0.25) is 4.79 Å². The van der Waals surface area contributed by atoms with Crippen LogP contribution < -0.4 is 0 Å². The molecule has 0 unspecified atom stereocenters. The number of carbonyl (C=O) groups is 2. The van der Waals surface area contributed by atoms with Gasteiger partial charge >= 0.3 is 5.97 Å². The van der Waals surface area contributed by atoms with Gasteiger partial charge in [-0.25, -0.2) is 4.79 Å². The van der Waals surface area contributed by atoms with E-state index in [0.29, 0.717) is 24.2 Å². The third-order valence-electron chi connectivity index (χ3n) is 9.08. The van der Waals surface area contributed by atoms with Gasteiger partial charge in [-0.05, 0) is 87.5 Å². The van der Waals surface area contributed by atoms with E-state index in [1.54, 1.807) is 6.92 Å². The first-order chi connectivity index (χ1) is 13.6. The molecule has 0 aromatic heterocycles. The summed E-state index contributed by atoms with van der Waals surface area (Å²) in [5.41, 5.74) is 0.903. The van der Waals surface area contributed by atoms with Crippen LogP contribution in [0.5, 0.6) is 0 Å². The molecule has 0 heterocycles. The Bertz CT molecular complexity index is 788. The molecule has 3 fully saturated rings. The molecule has 0 aromatic rings. The van der Waals surface area contributed by atoms with Crippen molar-refractivity contribution in [2.24, 2.45) is 33.7 Å². The molecule has 6 atom stereocenters. The molecule has 0 saturated heterocycles. The van der Waals surface area contributed by atoms with Crippen LogP contribution in [0.1, 0.15) is 72.1 Å². The Morgan fingerprint density at radius 2 is 1.86 bits per heavy atom. The van der Waals surface area contributed by atoms with Crippen LogP contribution in [0.4, 0.5) is 0 Å². The number of carboxylic acids is 1. The molecule has 3 saturated carbocycles. The van der Waals surface area contributed by atoms with Gasteiger partial charge in [0.2, 0.25) is 6.61 Å². The van der Waals surface area contributed by atoms with Gasteiger partial charge in [0.15, 0.2) is 5.78 Å². The fraction of sp³-hybridized carbons (Fsp3) is 0.783. The van der Waals surface area contributed by atoms with E-state index in [1.807, 2.05) is 0 Å². The summed E-state index contributed by atoms with van der Waals surface area (Å²) in [5.74, 6) is 0.434. The summed E-state index contributed by atoms with van der Waals surface area (Å²) in [6.45, 7) is 5.67. The Kier molecular flexibility index (Phi) is 4.92. The fourth-order valence-electron chi connectivity index (χ4n) is 7.41. The number of ketones is 1. The molecule has 160 valence electrons. The topological polar surface area (TPSA) is 96.2 Å². The van der Waals surface area contributed by atoms with Crippen LogP contribution in [-0.4, -0.2) is 39.9 Å². The number of aliphatic hydroxyl groups is 1. The van der Waals surface area contributed by atoms with Crippen molar-refractivity contribution in [1.29, 1.82) is 0 Å². The summed E-state index contributed by atoms with van der Waals surface area (Å²) < 4.78 is 0. The number of oxime groups is 1. The zero-order chi connectivity index (χ0) is 21.0. The molecule has 4 aliphatic rings. The maximum Gasteiger partial charge on any atom is 0.344 e. The van der Waals surface area contributed by atoms with E-state index >= 15 is 0 Å². The van der Waals surface area contributed by atoms with Crippen LogP contribution in [0.25, 0.3) is 0 Å².